The second kappa shape index (κ2) is 5.67. The summed E-state index contributed by atoms with van der Waals surface area (Å²) >= 11 is 0. The first-order valence-electron chi connectivity index (χ1n) is 5.87. The lowest BCUT2D eigenvalue weighted by atomic mass is 10.2. The van der Waals surface area contributed by atoms with Gasteiger partial charge < -0.3 is 5.11 Å². The van der Waals surface area contributed by atoms with Gasteiger partial charge in [-0.15, -0.1) is 0 Å². The lowest BCUT2D eigenvalue weighted by Crippen LogP contribution is -2.45. The summed E-state index contributed by atoms with van der Waals surface area (Å²) in [6.45, 7) is 5.39. The van der Waals surface area contributed by atoms with Gasteiger partial charge in [-0.1, -0.05) is 12.1 Å². The van der Waals surface area contributed by atoms with Crippen molar-refractivity contribution in [3.8, 4) is 11.8 Å². The molecule has 0 aliphatic carbocycles. The molecule has 1 aliphatic heterocycles. The number of nitriles is 1. The number of phenols is 1. The molecule has 0 saturated carbocycles. The van der Waals surface area contributed by atoms with Gasteiger partial charge in [0.2, 0.25) is 0 Å². The van der Waals surface area contributed by atoms with Crippen LogP contribution in [0, 0.1) is 11.3 Å². The lowest BCUT2D eigenvalue weighted by Gasteiger charge is -2.33. The Balaban J connectivity index is 1.82. The fraction of sp³-hybridized carbons (Fsp3) is 0.462. The van der Waals surface area contributed by atoms with Crippen LogP contribution in [0.4, 0.5) is 0 Å². The van der Waals surface area contributed by atoms with Gasteiger partial charge in [0, 0.05) is 32.7 Å². The van der Waals surface area contributed by atoms with Crippen molar-refractivity contribution in [3.63, 3.8) is 0 Å². The Morgan fingerprint density at radius 3 is 2.24 bits per heavy atom. The van der Waals surface area contributed by atoms with Crippen LogP contribution in [0.1, 0.15) is 5.56 Å². The Morgan fingerprint density at radius 2 is 1.65 bits per heavy atom. The van der Waals surface area contributed by atoms with E-state index in [2.05, 4.69) is 15.9 Å². The van der Waals surface area contributed by atoms with Crippen molar-refractivity contribution in [1.29, 1.82) is 5.26 Å². The number of hydrogen-bond acceptors (Lipinski definition) is 4. The lowest BCUT2D eigenvalue weighted by molar-refractivity contribution is 0.138. The molecule has 1 aromatic carbocycles. The first kappa shape index (κ1) is 11.9. The number of phenolic OH excluding ortho intramolecular Hbond substituents is 1. The Bertz CT molecular complexity index is 388. The summed E-state index contributed by atoms with van der Waals surface area (Å²) in [6.07, 6.45) is 0. The monoisotopic (exact) mass is 231 g/mol. The largest absolute Gasteiger partial charge is 0.508 e. The van der Waals surface area contributed by atoms with Crippen molar-refractivity contribution in [1.82, 2.24) is 9.80 Å². The molecule has 0 spiro atoms. The third kappa shape index (κ3) is 3.45. The summed E-state index contributed by atoms with van der Waals surface area (Å²) in [5.41, 5.74) is 1.22. The smallest absolute Gasteiger partial charge is 0.115 e. The van der Waals surface area contributed by atoms with Crippen molar-refractivity contribution in [2.45, 2.75) is 6.54 Å². The summed E-state index contributed by atoms with van der Waals surface area (Å²) in [6, 6.07) is 9.55. The van der Waals surface area contributed by atoms with Gasteiger partial charge in [-0.3, -0.25) is 9.80 Å². The molecule has 0 radical (unpaired) electrons. The van der Waals surface area contributed by atoms with Crippen molar-refractivity contribution >= 4 is 0 Å². The first-order chi connectivity index (χ1) is 8.28. The molecule has 4 heteroatoms. The van der Waals surface area contributed by atoms with Gasteiger partial charge in [-0.2, -0.15) is 5.26 Å². The highest BCUT2D eigenvalue weighted by molar-refractivity contribution is 5.25. The average molecular weight is 231 g/mol. The second-order valence-electron chi connectivity index (χ2n) is 4.38. The first-order valence-corrected chi connectivity index (χ1v) is 5.87. The topological polar surface area (TPSA) is 50.5 Å². The fourth-order valence-corrected chi connectivity index (χ4v) is 2.07. The molecule has 1 N–H and O–H groups in total. The van der Waals surface area contributed by atoms with Gasteiger partial charge in [-0.05, 0) is 17.7 Å². The Labute approximate surface area is 102 Å². The van der Waals surface area contributed by atoms with Crippen LogP contribution in [0.15, 0.2) is 24.3 Å². The van der Waals surface area contributed by atoms with Crippen LogP contribution in [0.5, 0.6) is 5.75 Å². The zero-order valence-electron chi connectivity index (χ0n) is 9.84. The molecular formula is C13H17N3O. The number of hydrogen-bond donors (Lipinski definition) is 1. The predicted octanol–water partition coefficient (Wildman–Crippen LogP) is 1.03. The van der Waals surface area contributed by atoms with E-state index in [1.54, 1.807) is 12.1 Å². The zero-order valence-corrected chi connectivity index (χ0v) is 9.84. The highest BCUT2D eigenvalue weighted by atomic mass is 16.3. The summed E-state index contributed by atoms with van der Waals surface area (Å²) in [5, 5.41) is 17.8. The molecule has 90 valence electrons. The number of benzene rings is 1. The zero-order chi connectivity index (χ0) is 12.1. The molecular weight excluding hydrogens is 214 g/mol. The standard InChI is InChI=1S/C13H17N3O/c14-5-6-15-7-9-16(10-8-15)11-12-1-3-13(17)4-2-12/h1-4,17H,6-11H2. The van der Waals surface area contributed by atoms with E-state index in [0.29, 0.717) is 12.3 Å². The molecule has 1 aliphatic rings. The van der Waals surface area contributed by atoms with E-state index in [-0.39, 0.29) is 0 Å². The maximum atomic E-state index is 9.21. The van der Waals surface area contributed by atoms with Crippen molar-refractivity contribution < 1.29 is 5.11 Å². The minimum atomic E-state index is 0.313. The van der Waals surface area contributed by atoms with Crippen molar-refractivity contribution in [3.05, 3.63) is 29.8 Å². The maximum absolute atomic E-state index is 9.21. The van der Waals surface area contributed by atoms with E-state index < -0.39 is 0 Å². The molecule has 1 heterocycles. The normalized spacial score (nSPS) is 17.8. The maximum Gasteiger partial charge on any atom is 0.115 e. The second-order valence-corrected chi connectivity index (χ2v) is 4.38. The Hall–Kier alpha value is -1.57. The minimum Gasteiger partial charge on any atom is -0.508 e. The average Bonchev–Trinajstić information content (AvgIpc) is 2.35. The predicted molar refractivity (Wildman–Crippen MR) is 65.4 cm³/mol. The van der Waals surface area contributed by atoms with E-state index in [4.69, 9.17) is 5.26 Å². The van der Waals surface area contributed by atoms with E-state index in [1.807, 2.05) is 12.1 Å². The third-order valence-electron chi connectivity index (χ3n) is 3.10. The molecule has 0 unspecified atom stereocenters. The van der Waals surface area contributed by atoms with Gasteiger partial charge >= 0.3 is 0 Å². The minimum absolute atomic E-state index is 0.313. The van der Waals surface area contributed by atoms with E-state index >= 15 is 0 Å². The van der Waals surface area contributed by atoms with Crippen LogP contribution in [-0.4, -0.2) is 47.6 Å². The highest BCUT2D eigenvalue weighted by Crippen LogP contribution is 2.12. The van der Waals surface area contributed by atoms with E-state index in [0.717, 1.165) is 32.7 Å². The molecule has 1 aromatic rings. The van der Waals surface area contributed by atoms with Crippen LogP contribution in [0.3, 0.4) is 0 Å². The third-order valence-corrected chi connectivity index (χ3v) is 3.10. The number of aromatic hydroxyl groups is 1. The highest BCUT2D eigenvalue weighted by Gasteiger charge is 2.16. The molecule has 0 amide bonds. The van der Waals surface area contributed by atoms with Crippen LogP contribution in [-0.2, 0) is 6.54 Å². The summed E-state index contributed by atoms with van der Waals surface area (Å²) in [7, 11) is 0. The molecule has 4 nitrogen and oxygen atoms in total. The quantitative estimate of drug-likeness (QED) is 0.789. The Kier molecular flexibility index (Phi) is 3.97. The van der Waals surface area contributed by atoms with Crippen molar-refractivity contribution in [2.24, 2.45) is 0 Å². The molecule has 1 fully saturated rings. The molecule has 2 rings (SSSR count). The molecule has 0 aromatic heterocycles. The molecule has 17 heavy (non-hydrogen) atoms. The van der Waals surface area contributed by atoms with Gasteiger partial charge in [0.1, 0.15) is 5.75 Å². The molecule has 0 bridgehead atoms. The summed E-state index contributed by atoms with van der Waals surface area (Å²) in [5.74, 6) is 0.313. The number of rotatable bonds is 3. The van der Waals surface area contributed by atoms with Gasteiger partial charge in [0.15, 0.2) is 0 Å². The molecule has 1 saturated heterocycles. The van der Waals surface area contributed by atoms with E-state index in [1.165, 1.54) is 5.56 Å². The molecule has 0 atom stereocenters. The van der Waals surface area contributed by atoms with Crippen LogP contribution >= 0.6 is 0 Å². The number of piperazine rings is 1. The fourth-order valence-electron chi connectivity index (χ4n) is 2.07. The van der Waals surface area contributed by atoms with E-state index in [9.17, 15) is 5.11 Å². The van der Waals surface area contributed by atoms with Gasteiger partial charge in [-0.25, -0.2) is 0 Å². The van der Waals surface area contributed by atoms with Crippen molar-refractivity contribution in [2.75, 3.05) is 32.7 Å². The van der Waals surface area contributed by atoms with Crippen LogP contribution < -0.4 is 0 Å². The van der Waals surface area contributed by atoms with Gasteiger partial charge in [0.05, 0.1) is 12.6 Å². The number of nitrogens with zero attached hydrogens (tertiary/aromatic N) is 3. The summed E-state index contributed by atoms with van der Waals surface area (Å²) in [4.78, 5) is 4.55. The summed E-state index contributed by atoms with van der Waals surface area (Å²) < 4.78 is 0. The van der Waals surface area contributed by atoms with Crippen LogP contribution in [0.25, 0.3) is 0 Å². The van der Waals surface area contributed by atoms with Gasteiger partial charge in [0.25, 0.3) is 0 Å². The van der Waals surface area contributed by atoms with Crippen LogP contribution in [0.2, 0.25) is 0 Å². The Morgan fingerprint density at radius 1 is 1.06 bits per heavy atom. The SMILES string of the molecule is N#CCN1CCN(Cc2ccc(O)cc2)CC1.